The number of rotatable bonds is 3. The van der Waals surface area contributed by atoms with Gasteiger partial charge in [-0.3, -0.25) is 4.79 Å². The summed E-state index contributed by atoms with van der Waals surface area (Å²) in [6.07, 6.45) is 1.66. The highest BCUT2D eigenvalue weighted by atomic mass is 16.5. The van der Waals surface area contributed by atoms with Crippen LogP contribution in [0.3, 0.4) is 0 Å². The minimum Gasteiger partial charge on any atom is -0.493 e. The van der Waals surface area contributed by atoms with Crippen molar-refractivity contribution in [2.24, 2.45) is 0 Å². The normalized spacial score (nSPS) is 13.2. The lowest BCUT2D eigenvalue weighted by Gasteiger charge is -2.03. The van der Waals surface area contributed by atoms with Gasteiger partial charge in [-0.2, -0.15) is 0 Å². The van der Waals surface area contributed by atoms with Crippen molar-refractivity contribution in [2.75, 3.05) is 13.2 Å². The molecule has 3 nitrogen and oxygen atoms in total. The minimum absolute atomic E-state index is 0.111. The molecule has 0 bridgehead atoms. The zero-order valence-electron chi connectivity index (χ0n) is 7.16. The zero-order valence-corrected chi connectivity index (χ0v) is 7.16. The largest absolute Gasteiger partial charge is 0.493 e. The van der Waals surface area contributed by atoms with E-state index >= 15 is 0 Å². The summed E-state index contributed by atoms with van der Waals surface area (Å²) in [5.74, 6) is 1.66. The average Bonchev–Trinajstić information content (AvgIpc) is 2.61. The number of carbonyl (C=O) groups excluding carboxylic acids is 1. The quantitative estimate of drug-likeness (QED) is 0.652. The van der Waals surface area contributed by atoms with E-state index in [1.165, 1.54) is 0 Å². The van der Waals surface area contributed by atoms with Crippen LogP contribution >= 0.6 is 0 Å². The molecule has 0 saturated carbocycles. The third-order valence-corrected chi connectivity index (χ3v) is 1.98. The average molecular weight is 178 g/mol. The maximum Gasteiger partial charge on any atom is 0.157 e. The van der Waals surface area contributed by atoms with Gasteiger partial charge in [0.1, 0.15) is 18.1 Å². The molecule has 0 aromatic heterocycles. The van der Waals surface area contributed by atoms with Crippen molar-refractivity contribution < 1.29 is 14.3 Å². The molecule has 1 aliphatic rings. The lowest BCUT2D eigenvalue weighted by atomic mass is 10.2. The van der Waals surface area contributed by atoms with Gasteiger partial charge in [0.15, 0.2) is 6.29 Å². The first-order valence-corrected chi connectivity index (χ1v) is 4.22. The Balaban J connectivity index is 2.16. The van der Waals surface area contributed by atoms with E-state index in [0.717, 1.165) is 36.4 Å². The Kier molecular flexibility index (Phi) is 2.17. The molecule has 0 spiro atoms. The molecule has 1 aromatic carbocycles. The van der Waals surface area contributed by atoms with E-state index in [1.54, 1.807) is 0 Å². The van der Waals surface area contributed by atoms with E-state index in [4.69, 9.17) is 9.47 Å². The summed E-state index contributed by atoms with van der Waals surface area (Å²) in [7, 11) is 0. The zero-order chi connectivity index (χ0) is 9.10. The molecule has 0 radical (unpaired) electrons. The Bertz CT molecular complexity index is 320. The Hall–Kier alpha value is -1.51. The fourth-order valence-corrected chi connectivity index (χ4v) is 1.38. The van der Waals surface area contributed by atoms with Gasteiger partial charge in [0.05, 0.1) is 6.61 Å². The van der Waals surface area contributed by atoms with Gasteiger partial charge < -0.3 is 9.47 Å². The maximum atomic E-state index is 10.1. The van der Waals surface area contributed by atoms with Crippen LogP contribution in [-0.2, 0) is 11.2 Å². The van der Waals surface area contributed by atoms with Crippen molar-refractivity contribution in [1.29, 1.82) is 0 Å². The molecule has 3 heteroatoms. The molecule has 0 fully saturated rings. The van der Waals surface area contributed by atoms with Crippen LogP contribution in [0.4, 0.5) is 0 Å². The van der Waals surface area contributed by atoms with Crippen molar-refractivity contribution in [2.45, 2.75) is 6.42 Å². The highest BCUT2D eigenvalue weighted by Crippen LogP contribution is 2.28. The summed E-state index contributed by atoms with van der Waals surface area (Å²) in [5.41, 5.74) is 1.16. The summed E-state index contributed by atoms with van der Waals surface area (Å²) in [5, 5.41) is 0. The van der Waals surface area contributed by atoms with Crippen LogP contribution in [0.2, 0.25) is 0 Å². The van der Waals surface area contributed by atoms with Crippen LogP contribution in [0, 0.1) is 0 Å². The summed E-state index contributed by atoms with van der Waals surface area (Å²) in [6.45, 7) is 0.853. The lowest BCUT2D eigenvalue weighted by molar-refractivity contribution is -0.109. The second kappa shape index (κ2) is 3.47. The van der Waals surface area contributed by atoms with E-state index in [-0.39, 0.29) is 6.61 Å². The number of hydrogen-bond acceptors (Lipinski definition) is 3. The summed E-state index contributed by atoms with van der Waals surface area (Å²) in [6, 6.07) is 5.61. The standard InChI is InChI=1S/C10H10O3/c11-4-6-12-9-1-2-10-8(7-9)3-5-13-10/h1-2,4,7H,3,5-6H2. The van der Waals surface area contributed by atoms with Gasteiger partial charge in [-0.1, -0.05) is 0 Å². The van der Waals surface area contributed by atoms with Crippen molar-refractivity contribution in [3.63, 3.8) is 0 Å². The molecule has 0 saturated heterocycles. The topological polar surface area (TPSA) is 35.5 Å². The van der Waals surface area contributed by atoms with Gasteiger partial charge in [-0.25, -0.2) is 0 Å². The van der Waals surface area contributed by atoms with Crippen molar-refractivity contribution in [3.05, 3.63) is 23.8 Å². The van der Waals surface area contributed by atoms with Crippen molar-refractivity contribution in [1.82, 2.24) is 0 Å². The van der Waals surface area contributed by atoms with Gasteiger partial charge >= 0.3 is 0 Å². The third kappa shape index (κ3) is 1.64. The Morgan fingerprint density at radius 1 is 1.54 bits per heavy atom. The number of ether oxygens (including phenoxy) is 2. The van der Waals surface area contributed by atoms with Gasteiger partial charge in [0.25, 0.3) is 0 Å². The molecule has 0 aliphatic carbocycles. The molecule has 1 aromatic rings. The summed E-state index contributed by atoms with van der Waals surface area (Å²) >= 11 is 0. The lowest BCUT2D eigenvalue weighted by Crippen LogP contribution is -1.97. The van der Waals surface area contributed by atoms with Crippen molar-refractivity contribution >= 4 is 6.29 Å². The Morgan fingerprint density at radius 2 is 2.46 bits per heavy atom. The van der Waals surface area contributed by atoms with Crippen LogP contribution in [0.1, 0.15) is 5.56 Å². The predicted molar refractivity (Wildman–Crippen MR) is 47.2 cm³/mol. The second-order valence-electron chi connectivity index (χ2n) is 2.85. The fourth-order valence-electron chi connectivity index (χ4n) is 1.38. The third-order valence-electron chi connectivity index (χ3n) is 1.98. The van der Waals surface area contributed by atoms with E-state index < -0.39 is 0 Å². The van der Waals surface area contributed by atoms with Crippen LogP contribution in [0.15, 0.2) is 18.2 Å². The van der Waals surface area contributed by atoms with E-state index in [1.807, 2.05) is 18.2 Å². The molecular formula is C10H10O3. The van der Waals surface area contributed by atoms with E-state index in [9.17, 15) is 4.79 Å². The first kappa shape index (κ1) is 8.10. The second-order valence-corrected chi connectivity index (χ2v) is 2.85. The number of fused-ring (bicyclic) bond motifs is 1. The minimum atomic E-state index is 0.111. The molecule has 0 amide bonds. The van der Waals surface area contributed by atoms with Crippen molar-refractivity contribution in [3.8, 4) is 11.5 Å². The van der Waals surface area contributed by atoms with Crippen LogP contribution in [0.25, 0.3) is 0 Å². The number of aldehydes is 1. The molecule has 0 atom stereocenters. The highest BCUT2D eigenvalue weighted by Gasteiger charge is 2.11. The molecule has 0 N–H and O–H groups in total. The van der Waals surface area contributed by atoms with E-state index in [2.05, 4.69) is 0 Å². The first-order valence-electron chi connectivity index (χ1n) is 4.22. The van der Waals surface area contributed by atoms with Crippen LogP contribution in [-0.4, -0.2) is 19.5 Å². The van der Waals surface area contributed by atoms with Crippen LogP contribution in [0.5, 0.6) is 11.5 Å². The molecule has 1 heterocycles. The Labute approximate surface area is 76.3 Å². The molecule has 0 unspecified atom stereocenters. The number of hydrogen-bond donors (Lipinski definition) is 0. The van der Waals surface area contributed by atoms with Gasteiger partial charge in [-0.15, -0.1) is 0 Å². The maximum absolute atomic E-state index is 10.1. The molecular weight excluding hydrogens is 168 g/mol. The molecule has 2 rings (SSSR count). The smallest absolute Gasteiger partial charge is 0.157 e. The molecule has 13 heavy (non-hydrogen) atoms. The highest BCUT2D eigenvalue weighted by molar-refractivity contribution is 5.52. The Morgan fingerprint density at radius 3 is 3.31 bits per heavy atom. The SMILES string of the molecule is O=CCOc1ccc2c(c1)CCO2. The summed E-state index contributed by atoms with van der Waals surface area (Å²) < 4.78 is 10.5. The fraction of sp³-hybridized carbons (Fsp3) is 0.300. The summed E-state index contributed by atoms with van der Waals surface area (Å²) in [4.78, 5) is 10.1. The van der Waals surface area contributed by atoms with Gasteiger partial charge in [0, 0.05) is 12.0 Å². The number of carbonyl (C=O) groups is 1. The van der Waals surface area contributed by atoms with Gasteiger partial charge in [0.2, 0.25) is 0 Å². The van der Waals surface area contributed by atoms with E-state index in [0.29, 0.717) is 0 Å². The number of benzene rings is 1. The van der Waals surface area contributed by atoms with Gasteiger partial charge in [-0.05, 0) is 18.2 Å². The van der Waals surface area contributed by atoms with Crippen LogP contribution < -0.4 is 9.47 Å². The first-order chi connectivity index (χ1) is 6.40. The predicted octanol–water partition coefficient (Wildman–Crippen LogP) is 1.20. The monoisotopic (exact) mass is 178 g/mol. The molecule has 1 aliphatic heterocycles. The molecule has 68 valence electrons.